The summed E-state index contributed by atoms with van der Waals surface area (Å²) in [6, 6.07) is 3.05. The Bertz CT molecular complexity index is 353. The maximum atomic E-state index is 13.4. The van der Waals surface area contributed by atoms with Crippen molar-refractivity contribution in [3.63, 3.8) is 0 Å². The highest BCUT2D eigenvalue weighted by Crippen LogP contribution is 2.28. The molecule has 1 N–H and O–H groups in total. The van der Waals surface area contributed by atoms with E-state index in [9.17, 15) is 9.18 Å². The van der Waals surface area contributed by atoms with Gasteiger partial charge in [-0.05, 0) is 31.0 Å². The van der Waals surface area contributed by atoms with Crippen LogP contribution in [0.4, 0.5) is 10.1 Å². The maximum Gasteiger partial charge on any atom is 0.211 e. The number of benzene rings is 1. The molecule has 1 aromatic rings. The van der Waals surface area contributed by atoms with Gasteiger partial charge in [0.25, 0.3) is 0 Å². The lowest BCUT2D eigenvalue weighted by Gasteiger charge is -2.11. The molecule has 4 heteroatoms. The average molecular weight is 211 g/mol. The van der Waals surface area contributed by atoms with Gasteiger partial charge in [-0.3, -0.25) is 4.79 Å². The summed E-state index contributed by atoms with van der Waals surface area (Å²) in [5.41, 5.74) is 0.860. The van der Waals surface area contributed by atoms with Gasteiger partial charge in [0, 0.05) is 0 Å². The van der Waals surface area contributed by atoms with E-state index in [1.54, 1.807) is 13.0 Å². The SMILES string of the molecule is CCCOc1cc(C)cc(F)c1NC=O. The van der Waals surface area contributed by atoms with Crippen molar-refractivity contribution >= 4 is 12.1 Å². The Hall–Kier alpha value is -1.58. The number of carbonyl (C=O) groups excluding carboxylic acids is 1. The second kappa shape index (κ2) is 5.34. The number of carbonyl (C=O) groups is 1. The Morgan fingerprint density at radius 3 is 2.87 bits per heavy atom. The summed E-state index contributed by atoms with van der Waals surface area (Å²) >= 11 is 0. The number of aryl methyl sites for hydroxylation is 1. The van der Waals surface area contributed by atoms with Gasteiger partial charge in [0.1, 0.15) is 11.4 Å². The van der Waals surface area contributed by atoms with E-state index in [1.807, 2.05) is 6.92 Å². The summed E-state index contributed by atoms with van der Waals surface area (Å²) in [7, 11) is 0. The molecule has 0 atom stereocenters. The molecule has 0 fully saturated rings. The van der Waals surface area contributed by atoms with Crippen LogP contribution in [0.3, 0.4) is 0 Å². The third-order valence-corrected chi connectivity index (χ3v) is 1.86. The van der Waals surface area contributed by atoms with Crippen LogP contribution < -0.4 is 10.1 Å². The van der Waals surface area contributed by atoms with Crippen molar-refractivity contribution < 1.29 is 13.9 Å². The van der Waals surface area contributed by atoms with E-state index < -0.39 is 5.82 Å². The summed E-state index contributed by atoms with van der Waals surface area (Å²) < 4.78 is 18.8. The van der Waals surface area contributed by atoms with Crippen molar-refractivity contribution in [2.45, 2.75) is 20.3 Å². The molecular formula is C11H14FNO2. The molecule has 0 heterocycles. The highest BCUT2D eigenvalue weighted by Gasteiger charge is 2.10. The molecule has 0 saturated heterocycles. The molecule has 0 aliphatic carbocycles. The highest BCUT2D eigenvalue weighted by molar-refractivity contribution is 5.76. The number of hydrogen-bond acceptors (Lipinski definition) is 2. The van der Waals surface area contributed by atoms with Gasteiger partial charge in [-0.1, -0.05) is 6.92 Å². The minimum atomic E-state index is -0.479. The van der Waals surface area contributed by atoms with Gasteiger partial charge < -0.3 is 10.1 Å². The lowest BCUT2D eigenvalue weighted by Crippen LogP contribution is -2.04. The number of halogens is 1. The smallest absolute Gasteiger partial charge is 0.211 e. The molecule has 0 aromatic heterocycles. The van der Waals surface area contributed by atoms with Crippen LogP contribution in [0.2, 0.25) is 0 Å². The third kappa shape index (κ3) is 2.94. The summed E-state index contributed by atoms with van der Waals surface area (Å²) in [6.07, 6.45) is 1.27. The van der Waals surface area contributed by atoms with Crippen LogP contribution >= 0.6 is 0 Å². The molecule has 1 amide bonds. The predicted molar refractivity (Wildman–Crippen MR) is 56.6 cm³/mol. The van der Waals surface area contributed by atoms with Crippen molar-refractivity contribution in [1.82, 2.24) is 0 Å². The van der Waals surface area contributed by atoms with Crippen LogP contribution in [0.25, 0.3) is 0 Å². The standard InChI is InChI=1S/C11H14FNO2/c1-3-4-15-10-6-8(2)5-9(12)11(10)13-7-14/h5-7H,3-4H2,1-2H3,(H,13,14). The molecule has 0 bridgehead atoms. The van der Waals surface area contributed by atoms with E-state index in [0.717, 1.165) is 12.0 Å². The van der Waals surface area contributed by atoms with Gasteiger partial charge in [-0.25, -0.2) is 4.39 Å². The topological polar surface area (TPSA) is 38.3 Å². The zero-order chi connectivity index (χ0) is 11.3. The molecular weight excluding hydrogens is 197 g/mol. The second-order valence-corrected chi connectivity index (χ2v) is 3.23. The van der Waals surface area contributed by atoms with Crippen LogP contribution in [-0.2, 0) is 4.79 Å². The third-order valence-electron chi connectivity index (χ3n) is 1.86. The summed E-state index contributed by atoms with van der Waals surface area (Å²) in [4.78, 5) is 10.3. The van der Waals surface area contributed by atoms with E-state index in [2.05, 4.69) is 5.32 Å². The van der Waals surface area contributed by atoms with E-state index in [1.165, 1.54) is 6.07 Å². The van der Waals surface area contributed by atoms with Gasteiger partial charge in [-0.2, -0.15) is 0 Å². The first-order valence-electron chi connectivity index (χ1n) is 4.82. The lowest BCUT2D eigenvalue weighted by atomic mass is 10.2. The molecule has 0 aliphatic rings. The van der Waals surface area contributed by atoms with E-state index in [-0.39, 0.29) is 5.69 Å². The average Bonchev–Trinajstić information content (AvgIpc) is 2.19. The Balaban J connectivity index is 3.02. The summed E-state index contributed by atoms with van der Waals surface area (Å²) in [5.74, 6) is -0.102. The van der Waals surface area contributed by atoms with Crippen molar-refractivity contribution in [2.75, 3.05) is 11.9 Å². The van der Waals surface area contributed by atoms with E-state index in [4.69, 9.17) is 4.74 Å². The highest BCUT2D eigenvalue weighted by atomic mass is 19.1. The van der Waals surface area contributed by atoms with Crippen molar-refractivity contribution in [3.8, 4) is 5.75 Å². The number of anilines is 1. The Kier molecular flexibility index (Phi) is 4.09. The van der Waals surface area contributed by atoms with Crippen molar-refractivity contribution in [3.05, 3.63) is 23.5 Å². The minimum absolute atomic E-state index is 0.101. The van der Waals surface area contributed by atoms with Crippen molar-refractivity contribution in [2.24, 2.45) is 0 Å². The number of amides is 1. The van der Waals surface area contributed by atoms with Crippen LogP contribution in [0, 0.1) is 12.7 Å². The van der Waals surface area contributed by atoms with Gasteiger partial charge in [0.15, 0.2) is 5.82 Å². The molecule has 3 nitrogen and oxygen atoms in total. The summed E-state index contributed by atoms with van der Waals surface area (Å²) in [5, 5.41) is 2.30. The fourth-order valence-corrected chi connectivity index (χ4v) is 1.24. The largest absolute Gasteiger partial charge is 0.491 e. The second-order valence-electron chi connectivity index (χ2n) is 3.23. The zero-order valence-electron chi connectivity index (χ0n) is 8.84. The number of ether oxygens (including phenoxy) is 1. The normalized spacial score (nSPS) is 9.80. The molecule has 15 heavy (non-hydrogen) atoms. The molecule has 0 aliphatic heterocycles. The Labute approximate surface area is 88.2 Å². The van der Waals surface area contributed by atoms with E-state index in [0.29, 0.717) is 18.8 Å². The van der Waals surface area contributed by atoms with Gasteiger partial charge in [0.05, 0.1) is 6.61 Å². The zero-order valence-corrected chi connectivity index (χ0v) is 8.84. The predicted octanol–water partition coefficient (Wildman–Crippen LogP) is 2.49. The van der Waals surface area contributed by atoms with Crippen LogP contribution in [0.1, 0.15) is 18.9 Å². The van der Waals surface area contributed by atoms with Crippen LogP contribution in [0.15, 0.2) is 12.1 Å². The van der Waals surface area contributed by atoms with Gasteiger partial charge in [0.2, 0.25) is 6.41 Å². The fraction of sp³-hybridized carbons (Fsp3) is 0.364. The van der Waals surface area contributed by atoms with Crippen LogP contribution in [0.5, 0.6) is 5.75 Å². The molecule has 82 valence electrons. The molecule has 0 spiro atoms. The molecule has 0 radical (unpaired) electrons. The minimum Gasteiger partial charge on any atom is -0.491 e. The molecule has 1 rings (SSSR count). The number of nitrogens with one attached hydrogen (secondary N) is 1. The number of rotatable bonds is 5. The molecule has 1 aromatic carbocycles. The fourth-order valence-electron chi connectivity index (χ4n) is 1.24. The first-order valence-corrected chi connectivity index (χ1v) is 4.82. The lowest BCUT2D eigenvalue weighted by molar-refractivity contribution is -0.105. The first kappa shape index (κ1) is 11.5. The Morgan fingerprint density at radius 1 is 1.53 bits per heavy atom. The quantitative estimate of drug-likeness (QED) is 0.760. The number of hydrogen-bond donors (Lipinski definition) is 1. The van der Waals surface area contributed by atoms with Crippen molar-refractivity contribution in [1.29, 1.82) is 0 Å². The molecule has 0 unspecified atom stereocenters. The van der Waals surface area contributed by atoms with Crippen LogP contribution in [-0.4, -0.2) is 13.0 Å². The summed E-state index contributed by atoms with van der Waals surface area (Å²) in [6.45, 7) is 4.22. The maximum absolute atomic E-state index is 13.4. The van der Waals surface area contributed by atoms with E-state index >= 15 is 0 Å². The molecule has 0 saturated carbocycles. The Morgan fingerprint density at radius 2 is 2.27 bits per heavy atom. The van der Waals surface area contributed by atoms with Gasteiger partial charge >= 0.3 is 0 Å². The first-order chi connectivity index (χ1) is 7.19. The van der Waals surface area contributed by atoms with Gasteiger partial charge in [-0.15, -0.1) is 0 Å². The monoisotopic (exact) mass is 211 g/mol.